The number of pyridine rings is 1. The molecule has 1 spiro atoms. The monoisotopic (exact) mass is 332 g/mol. The lowest BCUT2D eigenvalue weighted by Gasteiger charge is -2.22. The molecule has 2 aliphatic rings. The van der Waals surface area contributed by atoms with Crippen LogP contribution in [0.15, 0.2) is 54.9 Å². The number of rotatable bonds is 2. The van der Waals surface area contributed by atoms with Gasteiger partial charge in [0.1, 0.15) is 11.2 Å². The van der Waals surface area contributed by atoms with Crippen LogP contribution in [0.1, 0.15) is 23.2 Å². The van der Waals surface area contributed by atoms with Crippen LogP contribution >= 0.6 is 0 Å². The Morgan fingerprint density at radius 1 is 1.12 bits per heavy atom. The maximum absolute atomic E-state index is 13.1. The highest BCUT2D eigenvalue weighted by Crippen LogP contribution is 2.41. The van der Waals surface area contributed by atoms with E-state index in [4.69, 9.17) is 0 Å². The van der Waals surface area contributed by atoms with Gasteiger partial charge >= 0.3 is 6.03 Å². The Morgan fingerprint density at radius 3 is 2.84 bits per heavy atom. The lowest BCUT2D eigenvalue weighted by atomic mass is 9.92. The highest BCUT2D eigenvalue weighted by Gasteiger charge is 2.55. The van der Waals surface area contributed by atoms with E-state index in [2.05, 4.69) is 10.3 Å². The van der Waals surface area contributed by atoms with E-state index < -0.39 is 5.54 Å². The van der Waals surface area contributed by atoms with Crippen LogP contribution in [-0.2, 0) is 23.3 Å². The minimum absolute atomic E-state index is 0.177. The number of carbonyl (C=O) groups excluding carboxylic acids is 2. The van der Waals surface area contributed by atoms with E-state index in [0.29, 0.717) is 12.1 Å². The fourth-order valence-electron chi connectivity index (χ4n) is 3.96. The van der Waals surface area contributed by atoms with E-state index in [-0.39, 0.29) is 18.5 Å². The van der Waals surface area contributed by atoms with Crippen molar-refractivity contribution in [2.75, 3.05) is 0 Å². The Hall–Kier alpha value is -3.15. The topological polar surface area (TPSA) is 66.7 Å². The van der Waals surface area contributed by atoms with Crippen molar-refractivity contribution >= 4 is 17.6 Å². The van der Waals surface area contributed by atoms with Gasteiger partial charge in [0.05, 0.1) is 12.2 Å². The molecule has 5 rings (SSSR count). The number of amides is 3. The van der Waals surface area contributed by atoms with Gasteiger partial charge in [-0.1, -0.05) is 30.3 Å². The molecule has 25 heavy (non-hydrogen) atoms. The number of imidazole rings is 1. The number of nitrogens with zero attached hydrogens (tertiary/aromatic N) is 3. The van der Waals surface area contributed by atoms with Crippen LogP contribution in [0.3, 0.4) is 0 Å². The highest BCUT2D eigenvalue weighted by atomic mass is 16.2. The predicted octanol–water partition coefficient (Wildman–Crippen LogP) is 2.23. The van der Waals surface area contributed by atoms with Crippen LogP contribution in [-0.4, -0.2) is 26.2 Å². The zero-order valence-corrected chi connectivity index (χ0v) is 13.5. The maximum atomic E-state index is 13.1. The van der Waals surface area contributed by atoms with Gasteiger partial charge in [0.25, 0.3) is 5.91 Å². The lowest BCUT2D eigenvalue weighted by Crippen LogP contribution is -2.41. The van der Waals surface area contributed by atoms with Crippen molar-refractivity contribution in [2.24, 2.45) is 0 Å². The molecule has 1 aliphatic heterocycles. The van der Waals surface area contributed by atoms with Crippen molar-refractivity contribution in [2.45, 2.75) is 24.9 Å². The number of hydrogen-bond acceptors (Lipinski definition) is 3. The van der Waals surface area contributed by atoms with Crippen LogP contribution in [0.2, 0.25) is 0 Å². The Kier molecular flexibility index (Phi) is 2.80. The van der Waals surface area contributed by atoms with Gasteiger partial charge in [-0.25, -0.2) is 9.78 Å². The number of aryl methyl sites for hydroxylation is 1. The Bertz CT molecular complexity index is 992. The average Bonchev–Trinajstić information content (AvgIpc) is 3.27. The summed E-state index contributed by atoms with van der Waals surface area (Å²) in [7, 11) is 0. The Balaban J connectivity index is 1.49. The van der Waals surface area contributed by atoms with Crippen LogP contribution in [0.25, 0.3) is 5.65 Å². The summed E-state index contributed by atoms with van der Waals surface area (Å²) >= 11 is 0. The molecule has 3 aromatic rings. The van der Waals surface area contributed by atoms with E-state index in [0.717, 1.165) is 23.2 Å². The molecule has 0 bridgehead atoms. The van der Waals surface area contributed by atoms with Gasteiger partial charge in [0.15, 0.2) is 0 Å². The molecule has 1 N–H and O–H groups in total. The summed E-state index contributed by atoms with van der Waals surface area (Å²) in [5.41, 5.74) is 2.63. The quantitative estimate of drug-likeness (QED) is 0.732. The number of benzene rings is 1. The van der Waals surface area contributed by atoms with E-state index in [1.807, 2.05) is 59.3 Å². The molecule has 1 fully saturated rings. The third-order valence-electron chi connectivity index (χ3n) is 5.16. The summed E-state index contributed by atoms with van der Waals surface area (Å²) < 4.78 is 1.88. The summed E-state index contributed by atoms with van der Waals surface area (Å²) in [6.45, 7) is 0.177. The highest BCUT2D eigenvalue weighted by molar-refractivity contribution is 6.08. The largest absolute Gasteiger partial charge is 0.325 e. The second kappa shape index (κ2) is 4.92. The first-order valence-corrected chi connectivity index (χ1v) is 8.32. The van der Waals surface area contributed by atoms with Gasteiger partial charge in [-0.05, 0) is 36.1 Å². The molecular formula is C19H16N4O2. The summed E-state index contributed by atoms with van der Waals surface area (Å²) in [6.07, 6.45) is 5.15. The van der Waals surface area contributed by atoms with Crippen molar-refractivity contribution in [1.29, 1.82) is 0 Å². The summed E-state index contributed by atoms with van der Waals surface area (Å²) in [5.74, 6) is -0.181. The van der Waals surface area contributed by atoms with Crippen LogP contribution in [0.5, 0.6) is 0 Å². The Morgan fingerprint density at radius 2 is 1.96 bits per heavy atom. The van der Waals surface area contributed by atoms with Gasteiger partial charge in [-0.3, -0.25) is 9.69 Å². The number of hydrogen-bond donors (Lipinski definition) is 1. The molecule has 1 saturated heterocycles. The number of carbonyl (C=O) groups is 2. The molecule has 2 aromatic heterocycles. The standard InChI is InChI=1S/C19H16N4O2/c24-17-19(9-8-13-5-1-2-6-15(13)19)21-18(25)23(17)12-14-11-22-10-4-3-7-16(22)20-14/h1-7,10-11H,8-9,12H2,(H,21,25)/t19-/m1/s1. The first kappa shape index (κ1) is 14.2. The molecule has 6 heteroatoms. The molecule has 6 nitrogen and oxygen atoms in total. The van der Waals surface area contributed by atoms with Crippen LogP contribution in [0.4, 0.5) is 4.79 Å². The van der Waals surface area contributed by atoms with Crippen molar-refractivity contribution in [3.8, 4) is 0 Å². The predicted molar refractivity (Wildman–Crippen MR) is 90.7 cm³/mol. The average molecular weight is 332 g/mol. The number of nitrogens with one attached hydrogen (secondary N) is 1. The molecule has 0 saturated carbocycles. The van der Waals surface area contributed by atoms with E-state index in [1.165, 1.54) is 4.90 Å². The first-order chi connectivity index (χ1) is 12.2. The van der Waals surface area contributed by atoms with Crippen molar-refractivity contribution in [1.82, 2.24) is 19.6 Å². The second-order valence-electron chi connectivity index (χ2n) is 6.58. The third kappa shape index (κ3) is 1.94. The summed E-state index contributed by atoms with van der Waals surface area (Å²) in [5, 5.41) is 2.94. The van der Waals surface area contributed by atoms with Crippen LogP contribution < -0.4 is 5.32 Å². The number of fused-ring (bicyclic) bond motifs is 3. The summed E-state index contributed by atoms with van der Waals surface area (Å²) in [6, 6.07) is 13.2. The zero-order valence-electron chi connectivity index (χ0n) is 13.5. The number of urea groups is 1. The molecule has 3 heterocycles. The normalized spacial score (nSPS) is 22.0. The van der Waals surface area contributed by atoms with Crippen LogP contribution in [0, 0.1) is 0 Å². The van der Waals surface area contributed by atoms with Gasteiger partial charge in [-0.2, -0.15) is 0 Å². The van der Waals surface area contributed by atoms with Crippen molar-refractivity contribution < 1.29 is 9.59 Å². The molecule has 3 amide bonds. The smallest absolute Gasteiger partial charge is 0.319 e. The first-order valence-electron chi connectivity index (χ1n) is 8.32. The van der Waals surface area contributed by atoms with Gasteiger partial charge in [0, 0.05) is 12.4 Å². The zero-order chi connectivity index (χ0) is 17.0. The van der Waals surface area contributed by atoms with E-state index in [9.17, 15) is 9.59 Å². The molecule has 1 aliphatic carbocycles. The fourth-order valence-corrected chi connectivity index (χ4v) is 3.96. The van der Waals surface area contributed by atoms with Crippen molar-refractivity contribution in [3.63, 3.8) is 0 Å². The third-order valence-corrected chi connectivity index (χ3v) is 5.16. The molecule has 1 aromatic carbocycles. The van der Waals surface area contributed by atoms with Crippen molar-refractivity contribution in [3.05, 3.63) is 71.7 Å². The Labute approximate surface area is 144 Å². The van der Waals surface area contributed by atoms with Gasteiger partial charge in [0.2, 0.25) is 0 Å². The van der Waals surface area contributed by atoms with Gasteiger partial charge < -0.3 is 9.72 Å². The molecule has 1 atom stereocenters. The lowest BCUT2D eigenvalue weighted by molar-refractivity contribution is -0.132. The fraction of sp³-hybridized carbons (Fsp3) is 0.211. The maximum Gasteiger partial charge on any atom is 0.325 e. The minimum atomic E-state index is -0.910. The van der Waals surface area contributed by atoms with E-state index in [1.54, 1.807) is 0 Å². The van der Waals surface area contributed by atoms with E-state index >= 15 is 0 Å². The summed E-state index contributed by atoms with van der Waals surface area (Å²) in [4.78, 5) is 31.4. The number of imide groups is 1. The molecule has 0 radical (unpaired) electrons. The molecular weight excluding hydrogens is 316 g/mol. The number of aromatic nitrogens is 2. The minimum Gasteiger partial charge on any atom is -0.319 e. The molecule has 0 unspecified atom stereocenters. The SMILES string of the molecule is O=C1N[C@@]2(CCc3ccccc32)C(=O)N1Cc1cn2ccccc2n1. The van der Waals surface area contributed by atoms with Gasteiger partial charge in [-0.15, -0.1) is 0 Å². The second-order valence-corrected chi connectivity index (χ2v) is 6.58. The molecule has 124 valence electrons.